The third-order valence-corrected chi connectivity index (χ3v) is 3.60. The normalized spacial score (nSPS) is 11.6. The fraction of sp³-hybridized carbons (Fsp3) is 0.286. The first-order valence-corrected chi connectivity index (χ1v) is 6.99. The summed E-state index contributed by atoms with van der Waals surface area (Å²) >= 11 is 1.68. The van der Waals surface area contributed by atoms with Gasteiger partial charge in [-0.05, 0) is 37.6 Å². The Morgan fingerprint density at radius 2 is 2.26 bits per heavy atom. The number of hydrazone groups is 1. The zero-order valence-electron chi connectivity index (χ0n) is 11.0. The molecule has 19 heavy (non-hydrogen) atoms. The molecule has 2 aromatic rings. The molecule has 1 N–H and O–H groups in total. The molecule has 4 nitrogen and oxygen atoms in total. The van der Waals surface area contributed by atoms with E-state index < -0.39 is 0 Å². The summed E-state index contributed by atoms with van der Waals surface area (Å²) in [5.74, 6) is -0.0613. The van der Waals surface area contributed by atoms with Gasteiger partial charge in [-0.25, -0.2) is 5.43 Å². The number of nitrogens with one attached hydrogen (secondary N) is 1. The van der Waals surface area contributed by atoms with Crippen molar-refractivity contribution >= 4 is 23.0 Å². The van der Waals surface area contributed by atoms with Crippen molar-refractivity contribution in [3.8, 4) is 0 Å². The second-order valence-electron chi connectivity index (χ2n) is 4.14. The molecule has 0 aliphatic rings. The largest absolute Gasteiger partial charge is 0.459 e. The first-order chi connectivity index (χ1) is 9.20. The van der Waals surface area contributed by atoms with Gasteiger partial charge >= 0.3 is 5.91 Å². The molecule has 0 atom stereocenters. The number of furan rings is 1. The zero-order chi connectivity index (χ0) is 13.7. The Balaban J connectivity index is 2.11. The molecule has 1 amide bonds. The van der Waals surface area contributed by atoms with Crippen molar-refractivity contribution in [1.82, 2.24) is 5.43 Å². The first-order valence-electron chi connectivity index (χ1n) is 6.18. The number of rotatable bonds is 5. The summed E-state index contributed by atoms with van der Waals surface area (Å²) in [5.41, 5.74) is 3.44. The van der Waals surface area contributed by atoms with E-state index in [4.69, 9.17) is 4.42 Å². The number of nitrogens with zero attached hydrogens (tertiary/aromatic N) is 1. The molecule has 2 aromatic heterocycles. The summed E-state index contributed by atoms with van der Waals surface area (Å²) in [5, 5.41) is 4.22. The van der Waals surface area contributed by atoms with Gasteiger partial charge in [0, 0.05) is 4.88 Å². The van der Waals surface area contributed by atoms with Crippen molar-refractivity contribution in [2.45, 2.75) is 26.7 Å². The van der Waals surface area contributed by atoms with Gasteiger partial charge in [0.25, 0.3) is 0 Å². The lowest BCUT2D eigenvalue weighted by Gasteiger charge is -2.03. The molecule has 100 valence electrons. The van der Waals surface area contributed by atoms with Crippen LogP contribution in [0.15, 0.2) is 40.0 Å². The molecular weight excluding hydrogens is 260 g/mol. The molecule has 0 fully saturated rings. The lowest BCUT2D eigenvalue weighted by Crippen LogP contribution is -2.19. The fourth-order valence-electron chi connectivity index (χ4n) is 1.64. The Labute approximate surface area is 116 Å². The Morgan fingerprint density at radius 1 is 1.42 bits per heavy atom. The van der Waals surface area contributed by atoms with E-state index in [1.807, 2.05) is 6.07 Å². The van der Waals surface area contributed by atoms with E-state index in [1.54, 1.807) is 23.5 Å². The molecule has 0 bridgehead atoms. The van der Waals surface area contributed by atoms with Crippen LogP contribution in [0.25, 0.3) is 0 Å². The number of carbonyl (C=O) groups is 1. The summed E-state index contributed by atoms with van der Waals surface area (Å²) in [6.07, 6.45) is 3.28. The second kappa shape index (κ2) is 6.33. The smallest absolute Gasteiger partial charge is 0.307 e. The predicted molar refractivity (Wildman–Crippen MR) is 76.7 cm³/mol. The fourth-order valence-corrected chi connectivity index (χ4v) is 2.53. The summed E-state index contributed by atoms with van der Waals surface area (Å²) in [4.78, 5) is 14.1. The Kier molecular flexibility index (Phi) is 4.52. The molecular formula is C14H16N2O2S. The molecule has 0 unspecified atom stereocenters. The lowest BCUT2D eigenvalue weighted by molar-refractivity contribution is 0.0927. The SMILES string of the molecule is CCC/C(=N/NC(=O)c1ccco1)c1ccc(C)s1. The highest BCUT2D eigenvalue weighted by atomic mass is 32.1. The molecule has 0 aliphatic carbocycles. The maximum absolute atomic E-state index is 11.7. The van der Waals surface area contributed by atoms with E-state index in [9.17, 15) is 4.79 Å². The number of thiophene rings is 1. The molecule has 0 radical (unpaired) electrons. The summed E-state index contributed by atoms with van der Waals surface area (Å²) < 4.78 is 5.02. The highest BCUT2D eigenvalue weighted by Gasteiger charge is 2.09. The van der Waals surface area contributed by atoms with Crippen LogP contribution in [0.2, 0.25) is 0 Å². The van der Waals surface area contributed by atoms with Crippen molar-refractivity contribution < 1.29 is 9.21 Å². The van der Waals surface area contributed by atoms with E-state index in [0.29, 0.717) is 0 Å². The molecule has 2 heterocycles. The third-order valence-electron chi connectivity index (χ3n) is 2.55. The van der Waals surface area contributed by atoms with Crippen molar-refractivity contribution in [3.63, 3.8) is 0 Å². The molecule has 0 saturated carbocycles. The van der Waals surface area contributed by atoms with Crippen molar-refractivity contribution in [2.24, 2.45) is 5.10 Å². The minimum absolute atomic E-state index is 0.266. The quantitative estimate of drug-likeness (QED) is 0.670. The van der Waals surface area contributed by atoms with Crippen LogP contribution < -0.4 is 5.43 Å². The molecule has 0 spiro atoms. The average Bonchev–Trinajstić information content (AvgIpc) is 3.05. The topological polar surface area (TPSA) is 54.6 Å². The zero-order valence-corrected chi connectivity index (χ0v) is 11.8. The second-order valence-corrected chi connectivity index (χ2v) is 5.42. The Bertz CT molecular complexity index is 570. The molecule has 2 rings (SSSR count). The van der Waals surface area contributed by atoms with Crippen LogP contribution in [0.5, 0.6) is 0 Å². The first kappa shape index (κ1) is 13.5. The third kappa shape index (κ3) is 3.54. The van der Waals surface area contributed by atoms with Crippen LogP contribution in [-0.2, 0) is 0 Å². The molecule has 0 saturated heterocycles. The average molecular weight is 276 g/mol. The van der Waals surface area contributed by atoms with E-state index >= 15 is 0 Å². The van der Waals surface area contributed by atoms with Crippen LogP contribution in [0.3, 0.4) is 0 Å². The van der Waals surface area contributed by atoms with Gasteiger partial charge in [-0.15, -0.1) is 11.3 Å². The van der Waals surface area contributed by atoms with Crippen molar-refractivity contribution in [2.75, 3.05) is 0 Å². The summed E-state index contributed by atoms with van der Waals surface area (Å²) in [7, 11) is 0. The van der Waals surface area contributed by atoms with Gasteiger partial charge in [-0.3, -0.25) is 4.79 Å². The summed E-state index contributed by atoms with van der Waals surface area (Å²) in [6.45, 7) is 4.14. The minimum Gasteiger partial charge on any atom is -0.459 e. The number of hydrogen-bond acceptors (Lipinski definition) is 4. The van der Waals surface area contributed by atoms with Gasteiger partial charge in [-0.2, -0.15) is 5.10 Å². The molecule has 0 aromatic carbocycles. The van der Waals surface area contributed by atoms with Gasteiger partial charge in [0.15, 0.2) is 5.76 Å². The monoisotopic (exact) mass is 276 g/mol. The van der Waals surface area contributed by atoms with E-state index in [2.05, 4.69) is 30.4 Å². The number of amides is 1. The van der Waals surface area contributed by atoms with Crippen LogP contribution in [-0.4, -0.2) is 11.6 Å². The van der Waals surface area contributed by atoms with Gasteiger partial charge in [0.2, 0.25) is 0 Å². The van der Waals surface area contributed by atoms with Crippen LogP contribution in [0, 0.1) is 6.92 Å². The number of aryl methyl sites for hydroxylation is 1. The van der Waals surface area contributed by atoms with E-state index in [-0.39, 0.29) is 11.7 Å². The standard InChI is InChI=1S/C14H16N2O2S/c1-3-5-11(13-8-7-10(2)19-13)15-16-14(17)12-6-4-9-18-12/h4,6-9H,3,5H2,1-2H3,(H,16,17)/b15-11-. The molecule has 5 heteroatoms. The van der Waals surface area contributed by atoms with Gasteiger partial charge in [-0.1, -0.05) is 13.3 Å². The minimum atomic E-state index is -0.327. The van der Waals surface area contributed by atoms with Gasteiger partial charge in [0.1, 0.15) is 0 Å². The van der Waals surface area contributed by atoms with Gasteiger partial charge < -0.3 is 4.42 Å². The Hall–Kier alpha value is -1.88. The number of carbonyl (C=O) groups excluding carboxylic acids is 1. The van der Waals surface area contributed by atoms with Crippen LogP contribution in [0.4, 0.5) is 0 Å². The Morgan fingerprint density at radius 3 is 2.84 bits per heavy atom. The van der Waals surface area contributed by atoms with Gasteiger partial charge in [0.05, 0.1) is 16.9 Å². The van der Waals surface area contributed by atoms with E-state index in [0.717, 1.165) is 23.4 Å². The summed E-state index contributed by atoms with van der Waals surface area (Å²) in [6, 6.07) is 7.38. The highest BCUT2D eigenvalue weighted by Crippen LogP contribution is 2.18. The van der Waals surface area contributed by atoms with Crippen molar-refractivity contribution in [3.05, 3.63) is 46.0 Å². The van der Waals surface area contributed by atoms with E-state index in [1.165, 1.54) is 11.1 Å². The van der Waals surface area contributed by atoms with Crippen molar-refractivity contribution in [1.29, 1.82) is 0 Å². The predicted octanol–water partition coefficient (Wildman–Crippen LogP) is 3.58. The van der Waals surface area contributed by atoms with Crippen LogP contribution >= 0.6 is 11.3 Å². The maximum atomic E-state index is 11.7. The highest BCUT2D eigenvalue weighted by molar-refractivity contribution is 7.14. The maximum Gasteiger partial charge on any atom is 0.307 e. The lowest BCUT2D eigenvalue weighted by atomic mass is 10.2. The van der Waals surface area contributed by atoms with Crippen LogP contribution in [0.1, 0.15) is 40.1 Å². The number of hydrogen-bond donors (Lipinski definition) is 1. The molecule has 0 aliphatic heterocycles.